The molecule has 1 heterocycles. The summed E-state index contributed by atoms with van der Waals surface area (Å²) in [5.74, 6) is -1.72. The van der Waals surface area contributed by atoms with Crippen LogP contribution in [-0.4, -0.2) is 15.8 Å². The molecule has 5 heteroatoms. The molecule has 0 bridgehead atoms. The Hall–Kier alpha value is -2.56. The average molecular weight is 286 g/mol. The zero-order valence-electron chi connectivity index (χ0n) is 11.5. The number of nitrogens with zero attached hydrogens (tertiary/aromatic N) is 2. The molecule has 0 saturated carbocycles. The number of aromatic nitrogens is 2. The maximum atomic E-state index is 13.8. The zero-order valence-corrected chi connectivity index (χ0v) is 11.5. The molecule has 0 aliphatic carbocycles. The Labute approximate surface area is 119 Å². The van der Waals surface area contributed by atoms with Gasteiger partial charge < -0.3 is 4.57 Å². The molecule has 0 atom stereocenters. The Morgan fingerprint density at radius 2 is 1.81 bits per heavy atom. The van der Waals surface area contributed by atoms with Crippen molar-refractivity contribution in [3.63, 3.8) is 0 Å². The molecule has 21 heavy (non-hydrogen) atoms. The SMILES string of the molecule is Cc1cc2c(cc1-c1cc(F)c(C=O)c(F)c1)ncn2C. The van der Waals surface area contributed by atoms with Gasteiger partial charge in [-0.2, -0.15) is 0 Å². The van der Waals surface area contributed by atoms with Crippen molar-refractivity contribution in [3.8, 4) is 11.1 Å². The minimum Gasteiger partial charge on any atom is -0.334 e. The van der Waals surface area contributed by atoms with E-state index in [-0.39, 0.29) is 6.29 Å². The van der Waals surface area contributed by atoms with Gasteiger partial charge in [0.05, 0.1) is 22.9 Å². The minimum atomic E-state index is -0.861. The first-order valence-corrected chi connectivity index (χ1v) is 6.37. The molecule has 3 aromatic rings. The summed E-state index contributed by atoms with van der Waals surface area (Å²) in [5, 5.41) is 0. The van der Waals surface area contributed by atoms with E-state index in [0.717, 1.165) is 16.6 Å². The normalized spacial score (nSPS) is 11.0. The van der Waals surface area contributed by atoms with Crippen LogP contribution >= 0.6 is 0 Å². The molecule has 0 aliphatic heterocycles. The predicted molar refractivity (Wildman–Crippen MR) is 76.2 cm³/mol. The maximum absolute atomic E-state index is 13.8. The second-order valence-corrected chi connectivity index (χ2v) is 4.98. The fraction of sp³-hybridized carbons (Fsp3) is 0.125. The van der Waals surface area contributed by atoms with E-state index in [4.69, 9.17) is 0 Å². The summed E-state index contributed by atoms with van der Waals surface area (Å²) in [6.07, 6.45) is 1.87. The highest BCUT2D eigenvalue weighted by atomic mass is 19.1. The fourth-order valence-electron chi connectivity index (χ4n) is 2.44. The Bertz CT molecular complexity index is 845. The van der Waals surface area contributed by atoms with Crippen molar-refractivity contribution < 1.29 is 13.6 Å². The highest BCUT2D eigenvalue weighted by molar-refractivity contribution is 5.85. The molecule has 0 spiro atoms. The van der Waals surface area contributed by atoms with Crippen LogP contribution in [0.2, 0.25) is 0 Å². The van der Waals surface area contributed by atoms with Crippen molar-refractivity contribution in [2.75, 3.05) is 0 Å². The van der Waals surface area contributed by atoms with Crippen molar-refractivity contribution in [2.24, 2.45) is 7.05 Å². The maximum Gasteiger partial charge on any atom is 0.155 e. The van der Waals surface area contributed by atoms with Crippen molar-refractivity contribution in [1.82, 2.24) is 9.55 Å². The lowest BCUT2D eigenvalue weighted by molar-refractivity contribution is 0.111. The summed E-state index contributed by atoms with van der Waals surface area (Å²) in [6, 6.07) is 6.05. The summed E-state index contributed by atoms with van der Waals surface area (Å²) < 4.78 is 29.4. The van der Waals surface area contributed by atoms with E-state index in [1.165, 1.54) is 12.1 Å². The number of imidazole rings is 1. The summed E-state index contributed by atoms with van der Waals surface area (Å²) in [5.41, 5.74) is 3.11. The Morgan fingerprint density at radius 1 is 1.14 bits per heavy atom. The summed E-state index contributed by atoms with van der Waals surface area (Å²) in [7, 11) is 1.88. The van der Waals surface area contributed by atoms with Gasteiger partial charge in [0.1, 0.15) is 11.6 Å². The van der Waals surface area contributed by atoms with Gasteiger partial charge in [-0.25, -0.2) is 13.8 Å². The highest BCUT2D eigenvalue weighted by Gasteiger charge is 2.14. The number of aryl methyl sites for hydroxylation is 2. The second kappa shape index (κ2) is 4.77. The molecule has 0 saturated heterocycles. The third-order valence-electron chi connectivity index (χ3n) is 3.58. The van der Waals surface area contributed by atoms with Crippen molar-refractivity contribution in [1.29, 1.82) is 0 Å². The van der Waals surface area contributed by atoms with Crippen molar-refractivity contribution in [2.45, 2.75) is 6.92 Å². The number of carbonyl (C=O) groups is 1. The van der Waals surface area contributed by atoms with Crippen LogP contribution in [0.15, 0.2) is 30.6 Å². The molecule has 0 amide bonds. The van der Waals surface area contributed by atoms with Gasteiger partial charge in [-0.3, -0.25) is 4.79 Å². The molecule has 3 nitrogen and oxygen atoms in total. The van der Waals surface area contributed by atoms with E-state index in [2.05, 4.69) is 4.98 Å². The molecule has 3 rings (SSSR count). The third kappa shape index (κ3) is 2.11. The molecule has 2 aromatic carbocycles. The number of hydrogen-bond acceptors (Lipinski definition) is 2. The first-order chi connectivity index (χ1) is 10.0. The van der Waals surface area contributed by atoms with Gasteiger partial charge in [-0.15, -0.1) is 0 Å². The van der Waals surface area contributed by atoms with Gasteiger partial charge >= 0.3 is 0 Å². The molecule has 0 aliphatic rings. The summed E-state index contributed by atoms with van der Waals surface area (Å²) in [6.45, 7) is 1.87. The quantitative estimate of drug-likeness (QED) is 0.674. The topological polar surface area (TPSA) is 34.9 Å². The van der Waals surface area contributed by atoms with Gasteiger partial charge in [0.25, 0.3) is 0 Å². The molecule has 0 N–H and O–H groups in total. The largest absolute Gasteiger partial charge is 0.334 e. The van der Waals surface area contributed by atoms with Gasteiger partial charge in [-0.1, -0.05) is 0 Å². The van der Waals surface area contributed by atoms with Crippen LogP contribution in [0.1, 0.15) is 15.9 Å². The number of rotatable bonds is 2. The lowest BCUT2D eigenvalue weighted by Crippen LogP contribution is -1.96. The summed E-state index contributed by atoms with van der Waals surface area (Å²) >= 11 is 0. The first-order valence-electron chi connectivity index (χ1n) is 6.37. The van der Waals surface area contributed by atoms with Crippen LogP contribution in [0.5, 0.6) is 0 Å². The molecular formula is C16H12F2N2O. The van der Waals surface area contributed by atoms with Crippen LogP contribution in [0.4, 0.5) is 8.78 Å². The third-order valence-corrected chi connectivity index (χ3v) is 3.58. The number of fused-ring (bicyclic) bond motifs is 1. The van der Waals surface area contributed by atoms with E-state index < -0.39 is 17.2 Å². The number of halogens is 2. The van der Waals surface area contributed by atoms with Crippen LogP contribution in [0.3, 0.4) is 0 Å². The second-order valence-electron chi connectivity index (χ2n) is 4.98. The zero-order chi connectivity index (χ0) is 15.1. The molecular weight excluding hydrogens is 274 g/mol. The number of benzene rings is 2. The first kappa shape index (κ1) is 13.4. The fourth-order valence-corrected chi connectivity index (χ4v) is 2.44. The molecule has 0 unspecified atom stereocenters. The minimum absolute atomic E-state index is 0.184. The van der Waals surface area contributed by atoms with Crippen molar-refractivity contribution in [3.05, 3.63) is 53.4 Å². The van der Waals surface area contributed by atoms with Gasteiger partial charge in [-0.05, 0) is 47.9 Å². The monoisotopic (exact) mass is 286 g/mol. The Balaban J connectivity index is 2.25. The molecule has 1 aromatic heterocycles. The van der Waals surface area contributed by atoms with Gasteiger partial charge in [0.2, 0.25) is 0 Å². The van der Waals surface area contributed by atoms with E-state index in [1.54, 1.807) is 12.4 Å². The smallest absolute Gasteiger partial charge is 0.155 e. The van der Waals surface area contributed by atoms with E-state index >= 15 is 0 Å². The standard InChI is InChI=1S/C16H12F2N2O/c1-9-3-16-15(19-8-20(16)2)6-11(9)10-4-13(17)12(7-21)14(18)5-10/h3-8H,1-2H3. The van der Waals surface area contributed by atoms with Crippen LogP contribution < -0.4 is 0 Å². The van der Waals surface area contributed by atoms with Crippen LogP contribution in [0.25, 0.3) is 22.2 Å². The Kier molecular flexibility index (Phi) is 3.05. The predicted octanol–water partition coefficient (Wildman–Crippen LogP) is 3.64. The van der Waals surface area contributed by atoms with E-state index in [1.807, 2.05) is 24.6 Å². The van der Waals surface area contributed by atoms with E-state index in [0.29, 0.717) is 11.1 Å². The van der Waals surface area contributed by atoms with Crippen LogP contribution in [0, 0.1) is 18.6 Å². The number of aldehydes is 1. The van der Waals surface area contributed by atoms with Crippen LogP contribution in [-0.2, 0) is 7.05 Å². The lowest BCUT2D eigenvalue weighted by atomic mass is 9.98. The number of carbonyl (C=O) groups excluding carboxylic acids is 1. The summed E-state index contributed by atoms with van der Waals surface area (Å²) in [4.78, 5) is 14.9. The highest BCUT2D eigenvalue weighted by Crippen LogP contribution is 2.29. The van der Waals surface area contributed by atoms with Gasteiger partial charge in [0.15, 0.2) is 6.29 Å². The van der Waals surface area contributed by atoms with Crippen molar-refractivity contribution >= 4 is 17.3 Å². The Morgan fingerprint density at radius 3 is 2.43 bits per heavy atom. The molecule has 0 fully saturated rings. The molecule has 106 valence electrons. The molecule has 0 radical (unpaired) electrons. The number of hydrogen-bond donors (Lipinski definition) is 0. The van der Waals surface area contributed by atoms with Gasteiger partial charge in [0, 0.05) is 7.05 Å². The lowest BCUT2D eigenvalue weighted by Gasteiger charge is -2.09. The average Bonchev–Trinajstić information content (AvgIpc) is 2.78. The van der Waals surface area contributed by atoms with E-state index in [9.17, 15) is 13.6 Å².